The van der Waals surface area contributed by atoms with Crippen molar-refractivity contribution in [2.24, 2.45) is 16.0 Å². The Morgan fingerprint density at radius 3 is 2.46 bits per heavy atom. The van der Waals surface area contributed by atoms with Crippen molar-refractivity contribution in [3.8, 4) is 22.7 Å². The predicted molar refractivity (Wildman–Crippen MR) is 221 cm³/mol. The Morgan fingerprint density at radius 1 is 1.10 bits per heavy atom. The molecule has 7 rings (SSSR count). The highest BCUT2D eigenvalue weighted by molar-refractivity contribution is 7.97. The van der Waals surface area contributed by atoms with Crippen LogP contribution in [0.1, 0.15) is 53.3 Å². The lowest BCUT2D eigenvalue weighted by Crippen LogP contribution is -2.38. The molecule has 12 nitrogen and oxygen atoms in total. The van der Waals surface area contributed by atoms with E-state index in [9.17, 15) is 27.2 Å². The lowest BCUT2D eigenvalue weighted by molar-refractivity contribution is -0.123. The van der Waals surface area contributed by atoms with Gasteiger partial charge in [0, 0.05) is 55.1 Å². The van der Waals surface area contributed by atoms with Crippen LogP contribution in [0.15, 0.2) is 76.1 Å². The molecule has 3 aromatic heterocycles. The second-order valence-corrected chi connectivity index (χ2v) is 15.1. The number of anilines is 1. The van der Waals surface area contributed by atoms with E-state index in [4.69, 9.17) is 27.1 Å². The van der Waals surface area contributed by atoms with Crippen LogP contribution in [0, 0.1) is 17.6 Å². The number of nitrogens with one attached hydrogen (secondary N) is 2. The lowest BCUT2D eigenvalue weighted by atomic mass is 10.0. The predicted octanol–water partition coefficient (Wildman–Crippen LogP) is 7.93. The number of ether oxygens (including phenoxy) is 1. The molecule has 20 heteroatoms. The third kappa shape index (κ3) is 8.23. The molecule has 2 unspecified atom stereocenters. The van der Waals surface area contributed by atoms with Gasteiger partial charge < -0.3 is 21.1 Å². The molecule has 0 saturated carbocycles. The van der Waals surface area contributed by atoms with Crippen molar-refractivity contribution in [2.75, 3.05) is 25.7 Å². The summed E-state index contributed by atoms with van der Waals surface area (Å²) >= 11 is 7.69. The number of hydrogen-bond donors (Lipinski definition) is 3. The smallest absolute Gasteiger partial charge is 0.292 e. The first-order valence-electron chi connectivity index (χ1n) is 18.5. The fourth-order valence-electron chi connectivity index (χ4n) is 7.52. The summed E-state index contributed by atoms with van der Waals surface area (Å²) in [6, 6.07) is 12.4. The van der Waals surface area contributed by atoms with Gasteiger partial charge in [0.05, 0.1) is 46.0 Å². The monoisotopic (exact) mass is 883 g/mol. The average molecular weight is 884 g/mol. The summed E-state index contributed by atoms with van der Waals surface area (Å²) in [7, 11) is 3.01. The number of amidine groups is 1. The SMILES string of the molecule is CNc1c(-n2c(C(Cc3cc(F)cc(F)c3)NC(=O)Cn3nc(C(F)F)c4c3C(F)(F)C(C)C4)nc3cc(-c4ccc(OC)nc4)ccc3c2=O)ccc(Cl)c1C(N)=NSC. The molecule has 1 aliphatic rings. The van der Waals surface area contributed by atoms with Crippen LogP contribution >= 0.6 is 23.5 Å². The summed E-state index contributed by atoms with van der Waals surface area (Å²) < 4.78 is 99.6. The van der Waals surface area contributed by atoms with Crippen LogP contribution in [0.5, 0.6) is 5.88 Å². The summed E-state index contributed by atoms with van der Waals surface area (Å²) in [6.45, 7) is 0.240. The van der Waals surface area contributed by atoms with Crippen molar-refractivity contribution >= 4 is 51.9 Å². The third-order valence-corrected chi connectivity index (χ3v) is 11.0. The van der Waals surface area contributed by atoms with Gasteiger partial charge in [-0.05, 0) is 72.0 Å². The minimum Gasteiger partial charge on any atom is -0.481 e. The second kappa shape index (κ2) is 17.1. The Morgan fingerprint density at radius 2 is 1.82 bits per heavy atom. The minimum atomic E-state index is -3.59. The number of methoxy groups -OCH3 is 1. The Kier molecular flexibility index (Phi) is 12.1. The summed E-state index contributed by atoms with van der Waals surface area (Å²) in [4.78, 5) is 38.2. The molecule has 3 aromatic carbocycles. The topological polar surface area (TPSA) is 154 Å². The molecular formula is C41H36ClF6N9O3S. The number of carbonyl (C=O) groups is 1. The fraction of sp³-hybridized carbons (Fsp3) is 0.268. The number of pyridine rings is 1. The van der Waals surface area contributed by atoms with Gasteiger partial charge in [0.2, 0.25) is 11.8 Å². The Balaban J connectivity index is 1.46. The van der Waals surface area contributed by atoms with Crippen molar-refractivity contribution < 1.29 is 35.9 Å². The van der Waals surface area contributed by atoms with Crippen LogP contribution in [-0.2, 0) is 30.1 Å². The van der Waals surface area contributed by atoms with Gasteiger partial charge in [-0.15, -0.1) is 0 Å². The van der Waals surface area contributed by atoms with E-state index in [1.54, 1.807) is 49.8 Å². The number of alkyl halides is 4. The number of fused-ring (bicyclic) bond motifs is 2. The maximum atomic E-state index is 15.5. The molecule has 6 aromatic rings. The number of amides is 1. The number of nitrogens with zero attached hydrogens (tertiary/aromatic N) is 6. The molecule has 61 heavy (non-hydrogen) atoms. The Hall–Kier alpha value is -6.08. The molecule has 318 valence electrons. The zero-order chi connectivity index (χ0) is 43.9. The maximum Gasteiger partial charge on any atom is 0.292 e. The second-order valence-electron chi connectivity index (χ2n) is 14.2. The van der Waals surface area contributed by atoms with E-state index in [-0.39, 0.29) is 62.1 Å². The number of nitrogens with two attached hydrogens (primary N) is 1. The van der Waals surface area contributed by atoms with Crippen molar-refractivity contribution in [1.29, 1.82) is 0 Å². The van der Waals surface area contributed by atoms with Crippen molar-refractivity contribution in [3.05, 3.63) is 128 Å². The largest absolute Gasteiger partial charge is 0.481 e. The standard InChI is InChI=1S/C41H36ClF6N9O3S/c1-19-11-26-34(37(45)46)54-56(36(26)41(19,47)48)18-31(58)52-29(14-20-12-23(43)16-24(44)13-20)39-53-28-15-21(22-6-10-32(60-3)51-17-22)5-7-25(28)40(59)57(39)30-9-8-27(42)33(35(30)50-2)38(49)55-61-4/h5-10,12-13,15-17,19,29,37,50H,11,14,18H2,1-4H3,(H2,49,55)(H,52,58). The molecule has 0 bridgehead atoms. The Labute approximate surface area is 353 Å². The van der Waals surface area contributed by atoms with E-state index in [2.05, 4.69) is 25.1 Å². The number of benzene rings is 3. The fourth-order valence-corrected chi connectivity index (χ4v) is 8.06. The summed E-state index contributed by atoms with van der Waals surface area (Å²) in [5.41, 5.74) is 5.52. The van der Waals surface area contributed by atoms with Crippen LogP contribution in [0.3, 0.4) is 0 Å². The normalized spacial score (nSPS) is 15.3. The lowest BCUT2D eigenvalue weighted by Gasteiger charge is -2.25. The van der Waals surface area contributed by atoms with E-state index in [1.807, 2.05) is 0 Å². The zero-order valence-corrected chi connectivity index (χ0v) is 34.3. The molecule has 1 aliphatic carbocycles. The van der Waals surface area contributed by atoms with Crippen LogP contribution in [0.2, 0.25) is 5.02 Å². The van der Waals surface area contributed by atoms with Gasteiger partial charge in [-0.2, -0.15) is 18.3 Å². The molecule has 0 radical (unpaired) electrons. The number of aromatic nitrogens is 5. The number of hydrogen-bond acceptors (Lipinski definition) is 9. The van der Waals surface area contributed by atoms with Crippen molar-refractivity contribution in [2.45, 2.75) is 44.7 Å². The van der Waals surface area contributed by atoms with Crippen LogP contribution in [-0.4, -0.2) is 56.5 Å². The molecule has 0 spiro atoms. The van der Waals surface area contributed by atoms with Crippen LogP contribution in [0.25, 0.3) is 27.7 Å². The van der Waals surface area contributed by atoms with Crippen LogP contribution in [0.4, 0.5) is 32.0 Å². The molecule has 0 saturated heterocycles. The maximum absolute atomic E-state index is 15.5. The minimum absolute atomic E-state index is 0.00376. The summed E-state index contributed by atoms with van der Waals surface area (Å²) in [6.07, 6.45) is -0.786. The van der Waals surface area contributed by atoms with E-state index >= 15 is 8.78 Å². The average Bonchev–Trinajstić information content (AvgIpc) is 3.69. The molecule has 0 fully saturated rings. The van der Waals surface area contributed by atoms with Crippen LogP contribution < -0.4 is 26.7 Å². The third-order valence-electron chi connectivity index (χ3n) is 10.3. The molecule has 4 N–H and O–H groups in total. The Bertz CT molecular complexity index is 2750. The van der Waals surface area contributed by atoms with E-state index < -0.39 is 71.8 Å². The quantitative estimate of drug-likeness (QED) is 0.0454. The first-order valence-corrected chi connectivity index (χ1v) is 20.1. The highest BCUT2D eigenvalue weighted by Gasteiger charge is 2.51. The van der Waals surface area contributed by atoms with Gasteiger partial charge in [0.25, 0.3) is 17.9 Å². The highest BCUT2D eigenvalue weighted by Crippen LogP contribution is 2.48. The van der Waals surface area contributed by atoms with Gasteiger partial charge in [-0.25, -0.2) is 27.5 Å². The zero-order valence-electron chi connectivity index (χ0n) is 32.7. The summed E-state index contributed by atoms with van der Waals surface area (Å²) in [5, 5.41) is 9.69. The van der Waals surface area contributed by atoms with Gasteiger partial charge >= 0.3 is 0 Å². The van der Waals surface area contributed by atoms with Crippen molar-refractivity contribution in [1.82, 2.24) is 29.6 Å². The van der Waals surface area contributed by atoms with Gasteiger partial charge in [0.1, 0.15) is 41.2 Å². The van der Waals surface area contributed by atoms with E-state index in [0.717, 1.165) is 28.6 Å². The van der Waals surface area contributed by atoms with Gasteiger partial charge in [-0.3, -0.25) is 18.8 Å². The van der Waals surface area contributed by atoms with Gasteiger partial charge in [0.15, 0.2) is 0 Å². The number of carbonyl (C=O) groups excluding carboxylic acids is 1. The van der Waals surface area contributed by atoms with E-state index in [1.165, 1.54) is 26.2 Å². The molecular weight excluding hydrogens is 848 g/mol. The molecule has 2 atom stereocenters. The number of rotatable bonds is 13. The highest BCUT2D eigenvalue weighted by atomic mass is 35.5. The van der Waals surface area contributed by atoms with E-state index in [0.29, 0.717) is 27.8 Å². The number of halogens is 7. The molecule has 1 amide bonds. The first kappa shape index (κ1) is 43.0. The molecule has 3 heterocycles. The first-order chi connectivity index (χ1) is 29.1. The van der Waals surface area contributed by atoms with Crippen molar-refractivity contribution in [3.63, 3.8) is 0 Å². The summed E-state index contributed by atoms with van der Waals surface area (Å²) in [5.74, 6) is -7.71. The molecule has 0 aliphatic heterocycles. The van der Waals surface area contributed by atoms with Gasteiger partial charge in [-0.1, -0.05) is 24.6 Å².